The highest BCUT2D eigenvalue weighted by atomic mass is 35.5. The van der Waals surface area contributed by atoms with Crippen LogP contribution in [0.4, 0.5) is 17.5 Å². The summed E-state index contributed by atoms with van der Waals surface area (Å²) in [5, 5.41) is 12.7. The number of anilines is 2. The minimum Gasteiger partial charge on any atom is -0.340 e. The zero-order valence-electron chi connectivity index (χ0n) is 12.8. The summed E-state index contributed by atoms with van der Waals surface area (Å²) in [6.45, 7) is 0.369. The van der Waals surface area contributed by atoms with Crippen molar-refractivity contribution in [3.8, 4) is 0 Å². The third-order valence-corrected chi connectivity index (χ3v) is 3.75. The molecular formula is C17H12Cl3N5. The van der Waals surface area contributed by atoms with Gasteiger partial charge in [0, 0.05) is 21.8 Å². The predicted octanol–water partition coefficient (Wildman–Crippen LogP) is 6.46. The van der Waals surface area contributed by atoms with E-state index in [0.717, 1.165) is 11.3 Å². The van der Waals surface area contributed by atoms with Crippen LogP contribution in [0, 0.1) is 0 Å². The van der Waals surface area contributed by atoms with Gasteiger partial charge in [0.15, 0.2) is 0 Å². The van der Waals surface area contributed by atoms with E-state index in [9.17, 15) is 0 Å². The van der Waals surface area contributed by atoms with Crippen LogP contribution in [0.25, 0.3) is 0 Å². The van der Waals surface area contributed by atoms with E-state index >= 15 is 0 Å². The zero-order valence-corrected chi connectivity index (χ0v) is 15.1. The number of hydrogen-bond acceptors (Lipinski definition) is 5. The maximum atomic E-state index is 6.03. The molecule has 0 aliphatic carbocycles. The largest absolute Gasteiger partial charge is 0.340 e. The molecule has 3 rings (SSSR count). The van der Waals surface area contributed by atoms with Gasteiger partial charge in [-0.1, -0.05) is 53.0 Å². The summed E-state index contributed by atoms with van der Waals surface area (Å²) < 4.78 is 0. The molecule has 0 aliphatic heterocycles. The van der Waals surface area contributed by atoms with Gasteiger partial charge in [0.05, 0.1) is 6.54 Å². The summed E-state index contributed by atoms with van der Waals surface area (Å²) in [5.41, 5.74) is 1.72. The number of hydrogen-bond donors (Lipinski definition) is 1. The first kappa shape index (κ1) is 17.6. The van der Waals surface area contributed by atoms with Gasteiger partial charge in [-0.05, 0) is 35.9 Å². The Bertz CT molecular complexity index is 914. The van der Waals surface area contributed by atoms with Crippen LogP contribution in [0.2, 0.25) is 15.2 Å². The van der Waals surface area contributed by atoms with Gasteiger partial charge in [-0.25, -0.2) is 0 Å². The second kappa shape index (κ2) is 8.25. The van der Waals surface area contributed by atoms with Gasteiger partial charge in [-0.15, -0.1) is 5.11 Å². The molecule has 1 heterocycles. The molecule has 0 radical (unpaired) electrons. The van der Waals surface area contributed by atoms with Gasteiger partial charge < -0.3 is 5.32 Å². The van der Waals surface area contributed by atoms with Crippen LogP contribution in [0.1, 0.15) is 5.56 Å². The Morgan fingerprint density at radius 3 is 2.40 bits per heavy atom. The van der Waals surface area contributed by atoms with Crippen LogP contribution in [-0.4, -0.2) is 9.97 Å². The highest BCUT2D eigenvalue weighted by Crippen LogP contribution is 2.22. The molecule has 3 aromatic rings. The molecule has 1 N–H and O–H groups in total. The molecule has 0 fully saturated rings. The fraction of sp³-hybridized carbons (Fsp3) is 0.0588. The first-order chi connectivity index (χ1) is 12.1. The number of rotatable bonds is 5. The van der Waals surface area contributed by atoms with Crippen LogP contribution in [-0.2, 0) is 6.54 Å². The van der Waals surface area contributed by atoms with Crippen molar-refractivity contribution in [2.24, 2.45) is 10.2 Å². The number of benzene rings is 2. The number of nitrogens with zero attached hydrogens (tertiary/aromatic N) is 4. The van der Waals surface area contributed by atoms with E-state index in [1.54, 1.807) is 24.3 Å². The first-order valence-electron chi connectivity index (χ1n) is 7.27. The zero-order chi connectivity index (χ0) is 17.6. The summed E-state index contributed by atoms with van der Waals surface area (Å²) in [6, 6.07) is 16.3. The Balaban J connectivity index is 1.73. The molecule has 126 valence electrons. The Morgan fingerprint density at radius 1 is 0.880 bits per heavy atom. The molecule has 0 atom stereocenters. The summed E-state index contributed by atoms with van der Waals surface area (Å²) in [5.74, 6) is 0.665. The second-order valence-corrected chi connectivity index (χ2v) is 6.30. The number of aromatic nitrogens is 2. The molecule has 8 heteroatoms. The second-order valence-electron chi connectivity index (χ2n) is 5.04. The van der Waals surface area contributed by atoms with Gasteiger partial charge in [0.1, 0.15) is 11.0 Å². The van der Waals surface area contributed by atoms with E-state index in [1.807, 2.05) is 30.3 Å². The minimum absolute atomic E-state index is 0.166. The quantitative estimate of drug-likeness (QED) is 0.400. The molecule has 0 spiro atoms. The first-order valence-corrected chi connectivity index (χ1v) is 8.41. The van der Waals surface area contributed by atoms with Crippen molar-refractivity contribution < 1.29 is 0 Å². The Kier molecular flexibility index (Phi) is 5.81. The molecule has 5 nitrogen and oxygen atoms in total. The molecule has 0 unspecified atom stereocenters. The number of halogens is 3. The van der Waals surface area contributed by atoms with Crippen LogP contribution in [0.3, 0.4) is 0 Å². The molecule has 25 heavy (non-hydrogen) atoms. The number of nitrogens with one attached hydrogen (secondary N) is 1. The van der Waals surface area contributed by atoms with Gasteiger partial charge >= 0.3 is 0 Å². The van der Waals surface area contributed by atoms with Gasteiger partial charge in [0.2, 0.25) is 0 Å². The predicted molar refractivity (Wildman–Crippen MR) is 101 cm³/mol. The molecule has 0 saturated carbocycles. The summed E-state index contributed by atoms with van der Waals surface area (Å²) >= 11 is 17.9. The van der Waals surface area contributed by atoms with Crippen molar-refractivity contribution >= 4 is 52.3 Å². The average molecular weight is 393 g/mol. The Hall–Kier alpha value is -2.21. The summed E-state index contributed by atoms with van der Waals surface area (Å²) in [6.07, 6.45) is 0. The van der Waals surface area contributed by atoms with E-state index in [-0.39, 0.29) is 11.1 Å². The van der Waals surface area contributed by atoms with Crippen molar-refractivity contribution in [2.75, 3.05) is 5.32 Å². The standard InChI is InChI=1S/C17H12Cl3N5/c18-12-4-1-3-11(7-12)10-21-25-17-23-15(20)9-16(24-17)22-14-6-2-5-13(19)8-14/h1-9H,10H2,(H,22,23,24). The lowest BCUT2D eigenvalue weighted by molar-refractivity contribution is 0.927. The number of azo groups is 1. The highest BCUT2D eigenvalue weighted by molar-refractivity contribution is 6.31. The topological polar surface area (TPSA) is 62.5 Å². The molecule has 0 bridgehead atoms. The Labute approximate surface area is 159 Å². The van der Waals surface area contributed by atoms with Crippen LogP contribution in [0.5, 0.6) is 0 Å². The molecule has 0 amide bonds. The monoisotopic (exact) mass is 391 g/mol. The van der Waals surface area contributed by atoms with Crippen LogP contribution < -0.4 is 5.32 Å². The van der Waals surface area contributed by atoms with Crippen LogP contribution >= 0.6 is 34.8 Å². The lowest BCUT2D eigenvalue weighted by Crippen LogP contribution is -1.95. The van der Waals surface area contributed by atoms with Crippen molar-refractivity contribution in [2.45, 2.75) is 6.54 Å². The normalized spacial score (nSPS) is 11.0. The Morgan fingerprint density at radius 2 is 1.64 bits per heavy atom. The molecular weight excluding hydrogens is 381 g/mol. The maximum absolute atomic E-state index is 6.03. The fourth-order valence-electron chi connectivity index (χ4n) is 2.04. The lowest BCUT2D eigenvalue weighted by Gasteiger charge is -2.06. The van der Waals surface area contributed by atoms with Crippen LogP contribution in [0.15, 0.2) is 64.8 Å². The minimum atomic E-state index is 0.166. The van der Waals surface area contributed by atoms with E-state index in [0.29, 0.717) is 22.4 Å². The van der Waals surface area contributed by atoms with E-state index in [4.69, 9.17) is 34.8 Å². The molecule has 1 aromatic heterocycles. The van der Waals surface area contributed by atoms with Crippen molar-refractivity contribution in [3.05, 3.63) is 75.4 Å². The molecule has 0 aliphatic rings. The van der Waals surface area contributed by atoms with E-state index in [1.165, 1.54) is 0 Å². The van der Waals surface area contributed by atoms with Crippen molar-refractivity contribution in [1.29, 1.82) is 0 Å². The van der Waals surface area contributed by atoms with E-state index in [2.05, 4.69) is 25.5 Å². The lowest BCUT2D eigenvalue weighted by atomic mass is 10.2. The molecule has 2 aromatic carbocycles. The van der Waals surface area contributed by atoms with Crippen molar-refractivity contribution in [3.63, 3.8) is 0 Å². The maximum Gasteiger partial charge on any atom is 0.271 e. The molecule has 0 saturated heterocycles. The summed E-state index contributed by atoms with van der Waals surface area (Å²) in [4.78, 5) is 8.31. The smallest absolute Gasteiger partial charge is 0.271 e. The SMILES string of the molecule is Clc1cccc(CN=Nc2nc(Cl)cc(Nc3cccc(Cl)c3)n2)c1. The highest BCUT2D eigenvalue weighted by Gasteiger charge is 2.04. The van der Waals surface area contributed by atoms with E-state index < -0.39 is 0 Å². The summed E-state index contributed by atoms with van der Waals surface area (Å²) in [7, 11) is 0. The van der Waals surface area contributed by atoms with Gasteiger partial charge in [-0.2, -0.15) is 15.1 Å². The van der Waals surface area contributed by atoms with Crippen molar-refractivity contribution in [1.82, 2.24) is 9.97 Å². The van der Waals surface area contributed by atoms with Gasteiger partial charge in [0.25, 0.3) is 5.95 Å². The third kappa shape index (κ3) is 5.39. The average Bonchev–Trinajstić information content (AvgIpc) is 2.54. The third-order valence-electron chi connectivity index (χ3n) is 3.08. The van der Waals surface area contributed by atoms with Gasteiger partial charge in [-0.3, -0.25) is 0 Å². The fourth-order valence-corrected chi connectivity index (χ4v) is 2.63.